The first-order valence-electron chi connectivity index (χ1n) is 7.47. The van der Waals surface area contributed by atoms with Crippen LogP contribution in [0.3, 0.4) is 0 Å². The molecule has 134 valence electrons. The van der Waals surface area contributed by atoms with Gasteiger partial charge in [-0.1, -0.05) is 6.07 Å². The molecule has 0 radical (unpaired) electrons. The third-order valence-electron chi connectivity index (χ3n) is 3.47. The van der Waals surface area contributed by atoms with E-state index in [1.165, 1.54) is 18.3 Å². The standard InChI is InChI=1S/C17H17BrF3N3O/c1-4-24(3)10-23-14-9-22-16(15(18)11(14)2)25-13-7-5-6-12(8-13)17(19,20)21/h5-10H,4H2,1-3H3. The van der Waals surface area contributed by atoms with Crippen molar-refractivity contribution in [1.29, 1.82) is 0 Å². The highest BCUT2D eigenvalue weighted by molar-refractivity contribution is 9.10. The summed E-state index contributed by atoms with van der Waals surface area (Å²) in [6, 6.07) is 4.66. The Kier molecular flexibility index (Phi) is 6.05. The quantitative estimate of drug-likeness (QED) is 0.472. The molecule has 0 aliphatic carbocycles. The number of halogens is 4. The van der Waals surface area contributed by atoms with Crippen LogP contribution in [0.5, 0.6) is 11.6 Å². The van der Waals surface area contributed by atoms with Crippen LogP contribution < -0.4 is 4.74 Å². The largest absolute Gasteiger partial charge is 0.438 e. The van der Waals surface area contributed by atoms with Crippen molar-refractivity contribution in [2.45, 2.75) is 20.0 Å². The molecule has 0 bridgehead atoms. The molecular formula is C17H17BrF3N3O. The average Bonchev–Trinajstić information content (AvgIpc) is 2.57. The zero-order valence-electron chi connectivity index (χ0n) is 13.9. The van der Waals surface area contributed by atoms with Gasteiger partial charge in [-0.3, -0.25) is 0 Å². The Bertz CT molecular complexity index is 778. The summed E-state index contributed by atoms with van der Waals surface area (Å²) in [7, 11) is 1.90. The molecule has 0 amide bonds. The van der Waals surface area contributed by atoms with Gasteiger partial charge in [0, 0.05) is 13.6 Å². The van der Waals surface area contributed by atoms with Gasteiger partial charge in [-0.05, 0) is 53.5 Å². The minimum atomic E-state index is -4.43. The topological polar surface area (TPSA) is 37.7 Å². The summed E-state index contributed by atoms with van der Waals surface area (Å²) in [5, 5.41) is 0. The molecule has 2 rings (SSSR count). The van der Waals surface area contributed by atoms with Crippen molar-refractivity contribution in [2.24, 2.45) is 4.99 Å². The highest BCUT2D eigenvalue weighted by Crippen LogP contribution is 2.36. The molecule has 0 saturated heterocycles. The van der Waals surface area contributed by atoms with Gasteiger partial charge < -0.3 is 9.64 Å². The molecule has 0 aliphatic heterocycles. The summed E-state index contributed by atoms with van der Waals surface area (Å²) >= 11 is 3.37. The molecule has 0 N–H and O–H groups in total. The monoisotopic (exact) mass is 415 g/mol. The molecule has 0 aliphatic rings. The fourth-order valence-corrected chi connectivity index (χ4v) is 2.22. The second kappa shape index (κ2) is 7.86. The number of aromatic nitrogens is 1. The lowest BCUT2D eigenvalue weighted by molar-refractivity contribution is -0.137. The lowest BCUT2D eigenvalue weighted by Crippen LogP contribution is -2.14. The molecule has 1 aromatic heterocycles. The summed E-state index contributed by atoms with van der Waals surface area (Å²) in [4.78, 5) is 10.4. The van der Waals surface area contributed by atoms with Gasteiger partial charge in [0.15, 0.2) is 0 Å². The number of aliphatic imine (C=N–C) groups is 1. The van der Waals surface area contributed by atoms with Gasteiger partial charge in [0.1, 0.15) is 5.75 Å². The third kappa shape index (κ3) is 4.94. The number of nitrogens with zero attached hydrogens (tertiary/aromatic N) is 3. The molecule has 8 heteroatoms. The predicted molar refractivity (Wildman–Crippen MR) is 94.6 cm³/mol. The van der Waals surface area contributed by atoms with Crippen molar-refractivity contribution in [2.75, 3.05) is 13.6 Å². The van der Waals surface area contributed by atoms with Crippen LogP contribution in [0.15, 0.2) is 39.9 Å². The molecule has 0 unspecified atom stereocenters. The van der Waals surface area contributed by atoms with Gasteiger partial charge in [0.25, 0.3) is 0 Å². The first kappa shape index (κ1) is 19.2. The van der Waals surface area contributed by atoms with Gasteiger partial charge in [-0.2, -0.15) is 13.2 Å². The summed E-state index contributed by atoms with van der Waals surface area (Å²) in [5.41, 5.74) is 0.642. The van der Waals surface area contributed by atoms with Crippen LogP contribution in [-0.4, -0.2) is 29.8 Å². The summed E-state index contributed by atoms with van der Waals surface area (Å²) in [5.74, 6) is 0.240. The van der Waals surface area contributed by atoms with E-state index in [4.69, 9.17) is 4.74 Å². The molecule has 0 saturated carbocycles. The van der Waals surface area contributed by atoms with Crippen molar-refractivity contribution in [3.63, 3.8) is 0 Å². The maximum Gasteiger partial charge on any atom is 0.416 e. The van der Waals surface area contributed by atoms with Gasteiger partial charge in [-0.15, -0.1) is 0 Å². The molecule has 0 spiro atoms. The van der Waals surface area contributed by atoms with Crippen LogP contribution in [-0.2, 0) is 6.18 Å². The van der Waals surface area contributed by atoms with Crippen molar-refractivity contribution in [3.8, 4) is 11.6 Å². The number of hydrogen-bond donors (Lipinski definition) is 0. The van der Waals surface area contributed by atoms with Gasteiger partial charge in [0.05, 0.1) is 28.3 Å². The Morgan fingerprint density at radius 1 is 1.36 bits per heavy atom. The van der Waals surface area contributed by atoms with Crippen LogP contribution in [0.25, 0.3) is 0 Å². The van der Waals surface area contributed by atoms with E-state index >= 15 is 0 Å². The Labute approximate surface area is 152 Å². The Balaban J connectivity index is 2.27. The number of rotatable bonds is 5. The van der Waals surface area contributed by atoms with Crippen LogP contribution in [0.4, 0.5) is 18.9 Å². The van der Waals surface area contributed by atoms with E-state index in [1.54, 1.807) is 6.34 Å². The van der Waals surface area contributed by atoms with E-state index < -0.39 is 11.7 Å². The average molecular weight is 416 g/mol. The molecule has 25 heavy (non-hydrogen) atoms. The Hall–Kier alpha value is -2.09. The highest BCUT2D eigenvalue weighted by Gasteiger charge is 2.30. The molecule has 0 fully saturated rings. The third-order valence-corrected chi connectivity index (χ3v) is 4.41. The first-order valence-corrected chi connectivity index (χ1v) is 8.26. The minimum absolute atomic E-state index is 0.0596. The lowest BCUT2D eigenvalue weighted by Gasteiger charge is -2.13. The summed E-state index contributed by atoms with van der Waals surface area (Å²) in [6.45, 7) is 4.64. The van der Waals surface area contributed by atoms with Crippen LogP contribution >= 0.6 is 15.9 Å². The van der Waals surface area contributed by atoms with E-state index in [0.717, 1.165) is 24.2 Å². The van der Waals surface area contributed by atoms with E-state index in [1.807, 2.05) is 25.8 Å². The van der Waals surface area contributed by atoms with Crippen molar-refractivity contribution < 1.29 is 17.9 Å². The minimum Gasteiger partial charge on any atom is -0.438 e. The fourth-order valence-electron chi connectivity index (χ4n) is 1.84. The van der Waals surface area contributed by atoms with Crippen molar-refractivity contribution in [1.82, 2.24) is 9.88 Å². The molecule has 1 heterocycles. The molecule has 1 aromatic carbocycles. The maximum atomic E-state index is 12.8. The number of alkyl halides is 3. The second-order valence-corrected chi connectivity index (χ2v) is 6.13. The van der Waals surface area contributed by atoms with E-state index in [-0.39, 0.29) is 11.6 Å². The first-order chi connectivity index (χ1) is 11.7. The predicted octanol–water partition coefficient (Wildman–Crippen LogP) is 5.58. The normalized spacial score (nSPS) is 11.8. The zero-order chi connectivity index (χ0) is 18.6. The van der Waals surface area contributed by atoms with E-state index in [0.29, 0.717) is 10.2 Å². The molecule has 4 nitrogen and oxygen atoms in total. The smallest absolute Gasteiger partial charge is 0.416 e. The number of ether oxygens (including phenoxy) is 1. The van der Waals surface area contributed by atoms with E-state index in [2.05, 4.69) is 25.9 Å². The fraction of sp³-hybridized carbons (Fsp3) is 0.294. The maximum absolute atomic E-state index is 12.8. The lowest BCUT2D eigenvalue weighted by atomic mass is 10.2. The molecule has 0 atom stereocenters. The highest BCUT2D eigenvalue weighted by atomic mass is 79.9. The number of pyridine rings is 1. The Morgan fingerprint density at radius 2 is 2.08 bits per heavy atom. The van der Waals surface area contributed by atoms with Gasteiger partial charge >= 0.3 is 6.18 Å². The summed E-state index contributed by atoms with van der Waals surface area (Å²) in [6.07, 6.45) is -1.23. The summed E-state index contributed by atoms with van der Waals surface area (Å²) < 4.78 is 44.4. The zero-order valence-corrected chi connectivity index (χ0v) is 15.5. The SMILES string of the molecule is CCN(C)C=Nc1cnc(Oc2cccc(C(F)(F)F)c2)c(Br)c1C. The van der Waals surface area contributed by atoms with Crippen molar-refractivity contribution in [3.05, 3.63) is 46.1 Å². The van der Waals surface area contributed by atoms with Crippen LogP contribution in [0.1, 0.15) is 18.1 Å². The molecule has 2 aromatic rings. The molecular weight excluding hydrogens is 399 g/mol. The number of benzene rings is 1. The van der Waals surface area contributed by atoms with Crippen LogP contribution in [0.2, 0.25) is 0 Å². The Morgan fingerprint density at radius 3 is 2.72 bits per heavy atom. The van der Waals surface area contributed by atoms with Gasteiger partial charge in [0.2, 0.25) is 5.88 Å². The van der Waals surface area contributed by atoms with Gasteiger partial charge in [-0.25, -0.2) is 9.98 Å². The second-order valence-electron chi connectivity index (χ2n) is 5.33. The van der Waals surface area contributed by atoms with Crippen molar-refractivity contribution >= 4 is 28.0 Å². The van der Waals surface area contributed by atoms with E-state index in [9.17, 15) is 13.2 Å². The number of hydrogen-bond acceptors (Lipinski definition) is 3. The van der Waals surface area contributed by atoms with Crippen LogP contribution in [0, 0.1) is 6.92 Å².